The number of quaternary nitrogens is 1. The molecule has 0 aromatic rings. The molecule has 0 saturated carbocycles. The number of likely N-dealkylation sites (tertiary alicyclic amines) is 1. The Morgan fingerprint density at radius 3 is 1.64 bits per heavy atom. The predicted octanol–water partition coefficient (Wildman–Crippen LogP) is 1.05. The number of hydrogen-bond donors (Lipinski definition) is 0. The van der Waals surface area contributed by atoms with Crippen molar-refractivity contribution in [3.63, 3.8) is 0 Å². The van der Waals surface area contributed by atoms with Crippen LogP contribution in [0, 0.1) is 0 Å². The monoisotopic (exact) mass is 227 g/mol. The second-order valence-electron chi connectivity index (χ2n) is 3.52. The van der Waals surface area contributed by atoms with Crippen molar-refractivity contribution in [2.45, 2.75) is 26.7 Å². The topological polar surface area (TPSA) is 57.2 Å². The highest BCUT2D eigenvalue weighted by Gasteiger charge is 2.27. The van der Waals surface area contributed by atoms with E-state index in [0.717, 1.165) is 0 Å². The molecule has 0 spiro atoms. The fourth-order valence-corrected chi connectivity index (χ4v) is 1.86. The zero-order valence-electron chi connectivity index (χ0n) is 8.70. The van der Waals surface area contributed by atoms with E-state index in [0.29, 0.717) is 0 Å². The summed E-state index contributed by atoms with van der Waals surface area (Å²) in [7, 11) is -5.42. The van der Waals surface area contributed by atoms with E-state index in [4.69, 9.17) is 13.0 Å². The summed E-state index contributed by atoms with van der Waals surface area (Å²) < 4.78 is 36.7. The number of nitrogens with zero attached hydrogens (tertiary/aromatic N) is 1. The van der Waals surface area contributed by atoms with Crippen LogP contribution in [0.15, 0.2) is 0 Å². The Hall–Kier alpha value is -0.200. The maximum absolute atomic E-state index is 10.1. The van der Waals surface area contributed by atoms with Gasteiger partial charge in [0.25, 0.3) is 10.5 Å². The molecule has 0 amide bonds. The van der Waals surface area contributed by atoms with Crippen LogP contribution in [0.1, 0.15) is 26.7 Å². The van der Waals surface area contributed by atoms with Crippen molar-refractivity contribution < 1.29 is 21.3 Å². The molecule has 1 rings (SSSR count). The van der Waals surface area contributed by atoms with Gasteiger partial charge in [-0.2, -0.15) is 0 Å². The Balaban J connectivity index is 0.000000292. The lowest BCUT2D eigenvalue weighted by molar-refractivity contribution is -0.913. The van der Waals surface area contributed by atoms with Crippen LogP contribution < -0.4 is 0 Å². The summed E-state index contributed by atoms with van der Waals surface area (Å²) in [5.74, 6) is 0. The smallest absolute Gasteiger partial charge is 0.255 e. The van der Waals surface area contributed by atoms with E-state index < -0.39 is 10.5 Å². The first kappa shape index (κ1) is 13.8. The van der Waals surface area contributed by atoms with Gasteiger partial charge in [0.1, 0.15) is 0 Å². The van der Waals surface area contributed by atoms with E-state index >= 15 is 0 Å². The molecular weight excluding hydrogens is 209 g/mol. The molecule has 1 fully saturated rings. The molecule has 1 aliphatic rings. The van der Waals surface area contributed by atoms with E-state index in [1.807, 2.05) is 0 Å². The van der Waals surface area contributed by atoms with Gasteiger partial charge in [0.2, 0.25) is 0 Å². The molecule has 14 heavy (non-hydrogen) atoms. The van der Waals surface area contributed by atoms with Crippen LogP contribution in [0.5, 0.6) is 0 Å². The lowest BCUT2D eigenvalue weighted by atomic mass is 10.4. The van der Waals surface area contributed by atoms with Gasteiger partial charge in [-0.25, -0.2) is 8.42 Å². The highest BCUT2D eigenvalue weighted by Crippen LogP contribution is 2.17. The maximum atomic E-state index is 10.1. The predicted molar refractivity (Wildman–Crippen MR) is 51.1 cm³/mol. The van der Waals surface area contributed by atoms with Crippen molar-refractivity contribution in [1.29, 1.82) is 0 Å². The summed E-state index contributed by atoms with van der Waals surface area (Å²) in [5, 5.41) is 0. The van der Waals surface area contributed by atoms with E-state index in [9.17, 15) is 3.89 Å². The summed E-state index contributed by atoms with van der Waals surface area (Å²) in [5.41, 5.74) is 0. The quantitative estimate of drug-likeness (QED) is 0.402. The first-order valence-electron chi connectivity index (χ1n) is 4.83. The van der Waals surface area contributed by atoms with Crippen LogP contribution in [-0.2, 0) is 10.5 Å². The fraction of sp³-hybridized carbons (Fsp3) is 1.00. The molecule has 1 heterocycles. The summed E-state index contributed by atoms with van der Waals surface area (Å²) in [6.45, 7) is 10.2. The third-order valence-corrected chi connectivity index (χ3v) is 2.86. The molecule has 0 unspecified atom stereocenters. The highest BCUT2D eigenvalue weighted by atomic mass is 32.3. The van der Waals surface area contributed by atoms with Gasteiger partial charge in [-0.1, -0.05) is 0 Å². The van der Waals surface area contributed by atoms with Crippen molar-refractivity contribution in [3.05, 3.63) is 0 Å². The van der Waals surface area contributed by atoms with Crippen LogP contribution >= 0.6 is 0 Å². The molecule has 1 saturated heterocycles. The van der Waals surface area contributed by atoms with Gasteiger partial charge in [-0.15, -0.1) is 3.89 Å². The van der Waals surface area contributed by atoms with E-state index in [-0.39, 0.29) is 0 Å². The van der Waals surface area contributed by atoms with Crippen LogP contribution in [0.3, 0.4) is 0 Å². The second-order valence-corrected chi connectivity index (χ2v) is 4.31. The summed E-state index contributed by atoms with van der Waals surface area (Å²) >= 11 is 0. The molecule has 0 aromatic heterocycles. The van der Waals surface area contributed by atoms with Gasteiger partial charge >= 0.3 is 0 Å². The van der Waals surface area contributed by atoms with Crippen LogP contribution in [0.2, 0.25) is 0 Å². The van der Waals surface area contributed by atoms with Gasteiger partial charge in [0.15, 0.2) is 0 Å². The molecule has 86 valence electrons. The Labute approximate surface area is 85.4 Å². The molecule has 0 N–H and O–H groups in total. The zero-order chi connectivity index (χ0) is 11.2. The maximum Gasteiger partial charge on any atom is 0.255 e. The van der Waals surface area contributed by atoms with E-state index in [2.05, 4.69) is 13.8 Å². The molecule has 0 aliphatic carbocycles. The third kappa shape index (κ3) is 6.28. The molecule has 1 aliphatic heterocycles. The summed E-state index contributed by atoms with van der Waals surface area (Å²) in [4.78, 5) is 0. The number of halogens is 1. The number of rotatable bonds is 2. The SMILES string of the molecule is CC[N+]1(CC)CCCC1.O=S(=O)([O-])F. The minimum Gasteiger partial charge on any atom is -0.722 e. The zero-order valence-corrected chi connectivity index (χ0v) is 9.52. The molecule has 0 radical (unpaired) electrons. The van der Waals surface area contributed by atoms with Crippen molar-refractivity contribution in [3.8, 4) is 0 Å². The van der Waals surface area contributed by atoms with Crippen LogP contribution in [-0.4, -0.2) is 43.6 Å². The first-order valence-corrected chi connectivity index (χ1v) is 6.14. The van der Waals surface area contributed by atoms with Gasteiger partial charge in [-0.3, -0.25) is 0 Å². The van der Waals surface area contributed by atoms with Crippen molar-refractivity contribution >= 4 is 10.5 Å². The van der Waals surface area contributed by atoms with Gasteiger partial charge in [0, 0.05) is 12.8 Å². The van der Waals surface area contributed by atoms with E-state index in [1.54, 1.807) is 0 Å². The Kier molecular flexibility index (Phi) is 5.54. The minimum absolute atomic E-state index is 1.34. The summed E-state index contributed by atoms with van der Waals surface area (Å²) in [6.07, 6.45) is 2.92. The fourth-order valence-electron chi connectivity index (χ4n) is 1.86. The lowest BCUT2D eigenvalue weighted by Crippen LogP contribution is -2.44. The van der Waals surface area contributed by atoms with Crippen LogP contribution in [0.4, 0.5) is 3.89 Å². The molecule has 0 atom stereocenters. The third-order valence-electron chi connectivity index (χ3n) is 2.86. The standard InChI is InChI=1S/C8H18N.FHO3S/c1-3-9(4-2)7-5-6-8-9;1-5(2,3)4/h3-8H2,1-2H3;(H,2,3,4)/q+1;/p-1. The molecular formula is C8H18FNO3S. The first-order chi connectivity index (χ1) is 6.33. The largest absolute Gasteiger partial charge is 0.722 e. The normalized spacial score (nSPS) is 20.0. The second kappa shape index (κ2) is 5.63. The molecule has 0 aromatic carbocycles. The molecule has 4 nitrogen and oxygen atoms in total. The Morgan fingerprint density at radius 1 is 1.21 bits per heavy atom. The van der Waals surface area contributed by atoms with Crippen molar-refractivity contribution in [2.24, 2.45) is 0 Å². The van der Waals surface area contributed by atoms with Gasteiger partial charge < -0.3 is 9.04 Å². The van der Waals surface area contributed by atoms with Crippen molar-refractivity contribution in [1.82, 2.24) is 0 Å². The Bertz CT molecular complexity index is 233. The lowest BCUT2D eigenvalue weighted by Gasteiger charge is -2.31. The molecule has 0 bridgehead atoms. The van der Waals surface area contributed by atoms with Gasteiger partial charge in [-0.05, 0) is 13.8 Å². The van der Waals surface area contributed by atoms with Crippen LogP contribution in [0.25, 0.3) is 0 Å². The highest BCUT2D eigenvalue weighted by molar-refractivity contribution is 7.80. The minimum atomic E-state index is -5.42. The van der Waals surface area contributed by atoms with E-state index in [1.165, 1.54) is 43.5 Å². The van der Waals surface area contributed by atoms with Gasteiger partial charge in [0.05, 0.1) is 26.2 Å². The summed E-state index contributed by atoms with van der Waals surface area (Å²) in [6, 6.07) is 0. The molecule has 6 heteroatoms. The Morgan fingerprint density at radius 2 is 1.50 bits per heavy atom. The number of hydrogen-bond acceptors (Lipinski definition) is 3. The van der Waals surface area contributed by atoms with Crippen molar-refractivity contribution in [2.75, 3.05) is 26.2 Å². The average Bonchev–Trinajstić information content (AvgIpc) is 2.50. The average molecular weight is 227 g/mol.